The average Bonchev–Trinajstić information content (AvgIpc) is 3.15. The third-order valence-electron chi connectivity index (χ3n) is 4.78. The van der Waals surface area contributed by atoms with Crippen LogP contribution in [0.15, 0.2) is 24.3 Å². The van der Waals surface area contributed by atoms with Crippen molar-refractivity contribution in [3.05, 3.63) is 29.8 Å². The summed E-state index contributed by atoms with van der Waals surface area (Å²) in [6, 6.07) is 7.84. The van der Waals surface area contributed by atoms with Crippen LogP contribution in [0.25, 0.3) is 0 Å². The minimum Gasteiger partial charge on any atom is -0.490 e. The molecule has 2 aliphatic carbocycles. The highest BCUT2D eigenvalue weighted by Crippen LogP contribution is 2.45. The van der Waals surface area contributed by atoms with Crippen molar-refractivity contribution in [3.63, 3.8) is 0 Å². The second kappa shape index (κ2) is 5.82. The molecule has 3 rings (SSSR count). The van der Waals surface area contributed by atoms with Gasteiger partial charge in [-0.25, -0.2) is 0 Å². The van der Waals surface area contributed by atoms with Crippen LogP contribution in [0.1, 0.15) is 69.2 Å². The van der Waals surface area contributed by atoms with Gasteiger partial charge in [0.2, 0.25) is 0 Å². The van der Waals surface area contributed by atoms with Crippen LogP contribution < -0.4 is 4.74 Å². The molecule has 0 spiro atoms. The van der Waals surface area contributed by atoms with E-state index in [0.29, 0.717) is 17.8 Å². The van der Waals surface area contributed by atoms with Crippen LogP contribution in [-0.2, 0) is 0 Å². The Labute approximate surface area is 127 Å². The van der Waals surface area contributed by atoms with Gasteiger partial charge in [-0.1, -0.05) is 26.7 Å². The Bertz CT molecular complexity index is 491. The van der Waals surface area contributed by atoms with Crippen molar-refractivity contribution in [2.75, 3.05) is 0 Å². The van der Waals surface area contributed by atoms with E-state index < -0.39 is 0 Å². The molecule has 21 heavy (non-hydrogen) atoms. The van der Waals surface area contributed by atoms with Crippen LogP contribution >= 0.6 is 0 Å². The Balaban J connectivity index is 1.75. The number of ether oxygens (including phenoxy) is 1. The van der Waals surface area contributed by atoms with Gasteiger partial charge in [-0.3, -0.25) is 4.79 Å². The summed E-state index contributed by atoms with van der Waals surface area (Å²) in [5, 5.41) is 0. The summed E-state index contributed by atoms with van der Waals surface area (Å²) in [6.07, 6.45) is 8.27. The first-order valence-corrected chi connectivity index (χ1v) is 8.41. The van der Waals surface area contributed by atoms with Gasteiger partial charge in [0.1, 0.15) is 5.75 Å². The van der Waals surface area contributed by atoms with Crippen molar-refractivity contribution in [1.29, 1.82) is 0 Å². The second-order valence-corrected chi connectivity index (χ2v) is 7.26. The molecule has 0 aromatic heterocycles. The lowest BCUT2D eigenvalue weighted by Gasteiger charge is -2.29. The number of carbonyl (C=O) groups is 1. The van der Waals surface area contributed by atoms with E-state index in [4.69, 9.17) is 4.74 Å². The van der Waals surface area contributed by atoms with Crippen LogP contribution in [0.4, 0.5) is 0 Å². The molecule has 0 atom stereocenters. The van der Waals surface area contributed by atoms with E-state index in [9.17, 15) is 4.79 Å². The summed E-state index contributed by atoms with van der Waals surface area (Å²) < 4.78 is 5.76. The molecule has 2 aliphatic rings. The molecular formula is C19H26O2. The zero-order valence-electron chi connectivity index (χ0n) is 13.2. The molecule has 0 bridgehead atoms. The van der Waals surface area contributed by atoms with E-state index in [0.717, 1.165) is 43.4 Å². The fraction of sp³-hybridized carbons (Fsp3) is 0.632. The molecular weight excluding hydrogens is 260 g/mol. The number of hydrogen-bond acceptors (Lipinski definition) is 2. The summed E-state index contributed by atoms with van der Waals surface area (Å²) in [6.45, 7) is 4.44. The molecule has 1 aromatic rings. The second-order valence-electron chi connectivity index (χ2n) is 7.26. The summed E-state index contributed by atoms with van der Waals surface area (Å²) in [7, 11) is 0. The van der Waals surface area contributed by atoms with Crippen molar-refractivity contribution in [2.24, 2.45) is 11.3 Å². The first-order valence-electron chi connectivity index (χ1n) is 8.41. The van der Waals surface area contributed by atoms with Gasteiger partial charge in [0.05, 0.1) is 6.10 Å². The maximum absolute atomic E-state index is 13.0. The lowest BCUT2D eigenvalue weighted by Crippen LogP contribution is -2.29. The predicted molar refractivity (Wildman–Crippen MR) is 84.8 cm³/mol. The van der Waals surface area contributed by atoms with Crippen LogP contribution in [0.2, 0.25) is 0 Å². The van der Waals surface area contributed by atoms with Crippen molar-refractivity contribution < 1.29 is 9.53 Å². The maximum Gasteiger partial charge on any atom is 0.169 e. The molecule has 0 saturated heterocycles. The Kier molecular flexibility index (Phi) is 4.05. The van der Waals surface area contributed by atoms with E-state index in [1.165, 1.54) is 12.8 Å². The molecule has 2 fully saturated rings. The third kappa shape index (κ3) is 3.30. The first-order chi connectivity index (χ1) is 10.1. The summed E-state index contributed by atoms with van der Waals surface area (Å²) in [4.78, 5) is 13.0. The summed E-state index contributed by atoms with van der Waals surface area (Å²) in [5.41, 5.74) is 0.758. The average molecular weight is 286 g/mol. The Morgan fingerprint density at radius 3 is 2.33 bits per heavy atom. The van der Waals surface area contributed by atoms with Crippen molar-refractivity contribution >= 4 is 5.78 Å². The topological polar surface area (TPSA) is 26.3 Å². The largest absolute Gasteiger partial charge is 0.490 e. The number of carbonyl (C=O) groups excluding carboxylic acids is 1. The van der Waals surface area contributed by atoms with Crippen LogP contribution in [0, 0.1) is 11.3 Å². The maximum atomic E-state index is 13.0. The fourth-order valence-corrected chi connectivity index (χ4v) is 3.73. The summed E-state index contributed by atoms with van der Waals surface area (Å²) >= 11 is 0. The molecule has 0 amide bonds. The van der Waals surface area contributed by atoms with E-state index in [-0.39, 0.29) is 5.41 Å². The number of ketones is 1. The van der Waals surface area contributed by atoms with Crippen LogP contribution in [0.3, 0.4) is 0 Å². The highest BCUT2D eigenvalue weighted by atomic mass is 16.5. The molecule has 0 radical (unpaired) electrons. The fourth-order valence-electron chi connectivity index (χ4n) is 3.73. The van der Waals surface area contributed by atoms with Gasteiger partial charge in [-0.2, -0.15) is 0 Å². The van der Waals surface area contributed by atoms with Gasteiger partial charge in [0, 0.05) is 11.0 Å². The van der Waals surface area contributed by atoms with Gasteiger partial charge in [-0.05, 0) is 62.3 Å². The summed E-state index contributed by atoms with van der Waals surface area (Å²) in [5.74, 6) is 1.83. The smallest absolute Gasteiger partial charge is 0.169 e. The predicted octanol–water partition coefficient (Wildman–Crippen LogP) is 5.02. The van der Waals surface area contributed by atoms with Gasteiger partial charge in [-0.15, -0.1) is 0 Å². The molecule has 1 aromatic carbocycles. The van der Waals surface area contributed by atoms with E-state index in [1.807, 2.05) is 24.3 Å². The lowest BCUT2D eigenvalue weighted by molar-refractivity contribution is 0.0760. The first kappa shape index (κ1) is 14.6. The normalized spacial score (nSPS) is 20.7. The monoisotopic (exact) mass is 286 g/mol. The number of benzene rings is 1. The Morgan fingerprint density at radius 1 is 1.19 bits per heavy atom. The molecule has 2 nitrogen and oxygen atoms in total. The highest BCUT2D eigenvalue weighted by Gasteiger charge is 2.41. The number of hydrogen-bond donors (Lipinski definition) is 0. The molecule has 114 valence electrons. The zero-order chi connectivity index (χ0) is 14.9. The lowest BCUT2D eigenvalue weighted by atomic mass is 9.73. The molecule has 0 N–H and O–H groups in total. The van der Waals surface area contributed by atoms with Gasteiger partial charge >= 0.3 is 0 Å². The van der Waals surface area contributed by atoms with Gasteiger partial charge in [0.25, 0.3) is 0 Å². The quantitative estimate of drug-likeness (QED) is 0.687. The SMILES string of the molecule is CC(C)CC1(C(=O)c2ccc(OC3CC3)cc2)CCCC1. The minimum atomic E-state index is -0.104. The standard InChI is InChI=1S/C19H26O2/c1-14(2)13-19(11-3-4-12-19)18(20)15-5-7-16(8-6-15)21-17-9-10-17/h5-8,14,17H,3-4,9-13H2,1-2H3. The van der Waals surface area contributed by atoms with Crippen LogP contribution in [0.5, 0.6) is 5.75 Å². The van der Waals surface area contributed by atoms with Gasteiger partial charge < -0.3 is 4.74 Å². The minimum absolute atomic E-state index is 0.104. The molecule has 0 aliphatic heterocycles. The van der Waals surface area contributed by atoms with E-state index in [1.54, 1.807) is 0 Å². The molecule has 2 heteroatoms. The van der Waals surface area contributed by atoms with E-state index in [2.05, 4.69) is 13.8 Å². The molecule has 0 heterocycles. The molecule has 2 saturated carbocycles. The van der Waals surface area contributed by atoms with E-state index >= 15 is 0 Å². The highest BCUT2D eigenvalue weighted by molar-refractivity contribution is 6.00. The van der Waals surface area contributed by atoms with Gasteiger partial charge in [0.15, 0.2) is 5.78 Å². The Hall–Kier alpha value is -1.31. The van der Waals surface area contributed by atoms with Crippen molar-refractivity contribution in [2.45, 2.75) is 64.9 Å². The Morgan fingerprint density at radius 2 is 1.81 bits per heavy atom. The van der Waals surface area contributed by atoms with Crippen LogP contribution in [-0.4, -0.2) is 11.9 Å². The number of rotatable bonds is 6. The molecule has 0 unspecified atom stereocenters. The zero-order valence-corrected chi connectivity index (χ0v) is 13.2. The van der Waals surface area contributed by atoms with Crippen molar-refractivity contribution in [3.8, 4) is 5.75 Å². The van der Waals surface area contributed by atoms with Crippen molar-refractivity contribution in [1.82, 2.24) is 0 Å². The number of Topliss-reactive ketones (excluding diaryl/α,β-unsaturated/α-hetero) is 1. The third-order valence-corrected chi connectivity index (χ3v) is 4.78.